The van der Waals surface area contributed by atoms with Crippen LogP contribution in [0.3, 0.4) is 0 Å². The molecule has 0 aliphatic heterocycles. The molecule has 0 aliphatic rings. The number of benzene rings is 1. The maximum atomic E-state index is 10.3. The lowest BCUT2D eigenvalue weighted by Gasteiger charge is -1.97. The van der Waals surface area contributed by atoms with E-state index in [2.05, 4.69) is 14.3 Å². The van der Waals surface area contributed by atoms with Crippen LogP contribution >= 0.6 is 11.5 Å². The van der Waals surface area contributed by atoms with E-state index in [4.69, 9.17) is 5.11 Å². The maximum Gasteiger partial charge on any atom is 0.511 e. The third kappa shape index (κ3) is 1.43. The maximum absolute atomic E-state index is 10.3. The molecule has 0 saturated heterocycles. The molecule has 6 heteroatoms. The van der Waals surface area contributed by atoms with Crippen LogP contribution < -0.4 is 4.74 Å². The fourth-order valence-electron chi connectivity index (χ4n) is 0.954. The van der Waals surface area contributed by atoms with Gasteiger partial charge in [-0.1, -0.05) is 10.6 Å². The lowest BCUT2D eigenvalue weighted by Crippen LogP contribution is -2.02. The van der Waals surface area contributed by atoms with Gasteiger partial charge in [0, 0.05) is 0 Å². The van der Waals surface area contributed by atoms with Gasteiger partial charge < -0.3 is 9.84 Å². The lowest BCUT2D eigenvalue weighted by molar-refractivity contribution is 0.145. The number of fused-ring (bicyclic) bond motifs is 1. The highest BCUT2D eigenvalue weighted by Gasteiger charge is 2.08. The topological polar surface area (TPSA) is 72.3 Å². The van der Waals surface area contributed by atoms with Crippen molar-refractivity contribution in [3.63, 3.8) is 0 Å². The number of carbonyl (C=O) groups is 1. The summed E-state index contributed by atoms with van der Waals surface area (Å²) in [5.41, 5.74) is 0.642. The summed E-state index contributed by atoms with van der Waals surface area (Å²) in [5.74, 6) is 0.278. The highest BCUT2D eigenvalue weighted by Crippen LogP contribution is 2.26. The van der Waals surface area contributed by atoms with Crippen molar-refractivity contribution in [3.05, 3.63) is 18.2 Å². The molecule has 0 amide bonds. The fraction of sp³-hybridized carbons (Fsp3) is 0. The van der Waals surface area contributed by atoms with Crippen LogP contribution in [0.15, 0.2) is 18.2 Å². The van der Waals surface area contributed by atoms with Crippen LogP contribution in [0.2, 0.25) is 0 Å². The molecular formula is C7H4N2O3S. The van der Waals surface area contributed by atoms with Gasteiger partial charge in [0.2, 0.25) is 0 Å². The molecule has 2 aromatic rings. The van der Waals surface area contributed by atoms with E-state index in [9.17, 15) is 4.79 Å². The standard InChI is InChI=1S/C7H4N2O3S/c10-7(11)12-5-3-1-2-4-6(5)13-9-8-4/h1-3H,(H,10,11). The van der Waals surface area contributed by atoms with Gasteiger partial charge in [0.25, 0.3) is 0 Å². The van der Waals surface area contributed by atoms with Crippen molar-refractivity contribution >= 4 is 27.9 Å². The first-order chi connectivity index (χ1) is 6.27. The zero-order valence-electron chi connectivity index (χ0n) is 6.30. The average molecular weight is 196 g/mol. The summed E-state index contributed by atoms with van der Waals surface area (Å²) in [6.07, 6.45) is -1.33. The number of carboxylic acid groups (broad SMARTS) is 1. The molecule has 66 valence electrons. The molecule has 2 rings (SSSR count). The van der Waals surface area contributed by atoms with E-state index in [1.165, 1.54) is 0 Å². The quantitative estimate of drug-likeness (QED) is 0.555. The Hall–Kier alpha value is -1.69. The molecule has 0 spiro atoms. The molecule has 0 atom stereocenters. The van der Waals surface area contributed by atoms with Crippen molar-refractivity contribution in [3.8, 4) is 5.75 Å². The molecular weight excluding hydrogens is 192 g/mol. The predicted octanol–water partition coefficient (Wildman–Crippen LogP) is 1.75. The molecule has 0 aliphatic carbocycles. The van der Waals surface area contributed by atoms with E-state index >= 15 is 0 Å². The summed E-state index contributed by atoms with van der Waals surface area (Å²) < 4.78 is 8.86. The Morgan fingerprint density at radius 3 is 3.15 bits per heavy atom. The van der Waals surface area contributed by atoms with Crippen LogP contribution in [0.1, 0.15) is 0 Å². The van der Waals surface area contributed by atoms with Gasteiger partial charge in [0.05, 0.1) is 0 Å². The van der Waals surface area contributed by atoms with Gasteiger partial charge in [-0.15, -0.1) is 5.10 Å². The molecule has 1 aromatic heterocycles. The lowest BCUT2D eigenvalue weighted by atomic mass is 10.3. The van der Waals surface area contributed by atoms with Crippen LogP contribution in [0.5, 0.6) is 5.75 Å². The highest BCUT2D eigenvalue weighted by atomic mass is 32.1. The van der Waals surface area contributed by atoms with Gasteiger partial charge in [-0.3, -0.25) is 0 Å². The Balaban J connectivity index is 2.54. The van der Waals surface area contributed by atoms with Crippen molar-refractivity contribution in [2.24, 2.45) is 0 Å². The second kappa shape index (κ2) is 2.98. The van der Waals surface area contributed by atoms with E-state index in [0.29, 0.717) is 10.2 Å². The third-order valence-corrected chi connectivity index (χ3v) is 2.19. The molecule has 1 N–H and O–H groups in total. The smallest absolute Gasteiger partial charge is 0.449 e. The van der Waals surface area contributed by atoms with Crippen LogP contribution in [0.25, 0.3) is 10.2 Å². The minimum absolute atomic E-state index is 0.278. The molecule has 0 saturated carbocycles. The third-order valence-electron chi connectivity index (χ3n) is 1.44. The van der Waals surface area contributed by atoms with Crippen molar-refractivity contribution in [2.75, 3.05) is 0 Å². The Labute approximate surface area is 76.7 Å². The minimum Gasteiger partial charge on any atom is -0.449 e. The van der Waals surface area contributed by atoms with Crippen LogP contribution in [-0.2, 0) is 0 Å². The molecule has 5 nitrogen and oxygen atoms in total. The van der Waals surface area contributed by atoms with Crippen molar-refractivity contribution in [2.45, 2.75) is 0 Å². The first-order valence-electron chi connectivity index (χ1n) is 3.39. The normalized spacial score (nSPS) is 10.2. The Morgan fingerprint density at radius 2 is 2.38 bits per heavy atom. The molecule has 1 heterocycles. The Kier molecular flexibility index (Phi) is 1.82. The average Bonchev–Trinajstić information content (AvgIpc) is 2.51. The number of hydrogen-bond acceptors (Lipinski definition) is 5. The number of ether oxygens (including phenoxy) is 1. The Morgan fingerprint density at radius 1 is 1.54 bits per heavy atom. The van der Waals surface area contributed by atoms with E-state index in [-0.39, 0.29) is 5.75 Å². The summed E-state index contributed by atoms with van der Waals surface area (Å²) in [6.45, 7) is 0. The van der Waals surface area contributed by atoms with E-state index in [1.54, 1.807) is 18.2 Å². The highest BCUT2D eigenvalue weighted by molar-refractivity contribution is 7.13. The SMILES string of the molecule is O=C(O)Oc1cccc2nnsc12. The van der Waals surface area contributed by atoms with Gasteiger partial charge in [0.1, 0.15) is 10.2 Å². The van der Waals surface area contributed by atoms with Crippen molar-refractivity contribution in [1.29, 1.82) is 0 Å². The fourth-order valence-corrected chi connectivity index (χ4v) is 1.57. The summed E-state index contributed by atoms with van der Waals surface area (Å²) in [7, 11) is 0. The van der Waals surface area contributed by atoms with Gasteiger partial charge >= 0.3 is 6.16 Å². The molecule has 0 fully saturated rings. The van der Waals surface area contributed by atoms with Gasteiger partial charge in [0.15, 0.2) is 5.75 Å². The second-order valence-electron chi connectivity index (χ2n) is 2.25. The minimum atomic E-state index is -1.33. The first kappa shape index (κ1) is 7.93. The summed E-state index contributed by atoms with van der Waals surface area (Å²) in [6, 6.07) is 4.98. The zero-order valence-corrected chi connectivity index (χ0v) is 7.11. The van der Waals surface area contributed by atoms with E-state index < -0.39 is 6.16 Å². The molecule has 0 radical (unpaired) electrons. The molecule has 0 bridgehead atoms. The predicted molar refractivity (Wildman–Crippen MR) is 46.1 cm³/mol. The van der Waals surface area contributed by atoms with Gasteiger partial charge in [-0.05, 0) is 23.7 Å². The van der Waals surface area contributed by atoms with Crippen LogP contribution in [-0.4, -0.2) is 20.8 Å². The van der Waals surface area contributed by atoms with Gasteiger partial charge in [-0.2, -0.15) is 0 Å². The number of rotatable bonds is 1. The molecule has 13 heavy (non-hydrogen) atoms. The first-order valence-corrected chi connectivity index (χ1v) is 4.16. The Bertz CT molecular complexity index is 454. The summed E-state index contributed by atoms with van der Waals surface area (Å²) in [4.78, 5) is 10.3. The van der Waals surface area contributed by atoms with E-state index in [0.717, 1.165) is 11.5 Å². The summed E-state index contributed by atoms with van der Waals surface area (Å²) >= 11 is 1.11. The largest absolute Gasteiger partial charge is 0.511 e. The van der Waals surface area contributed by atoms with Crippen molar-refractivity contribution < 1.29 is 14.6 Å². The van der Waals surface area contributed by atoms with Gasteiger partial charge in [-0.25, -0.2) is 4.79 Å². The molecule has 1 aromatic carbocycles. The van der Waals surface area contributed by atoms with Crippen molar-refractivity contribution in [1.82, 2.24) is 9.59 Å². The summed E-state index contributed by atoms with van der Waals surface area (Å²) in [5, 5.41) is 12.2. The van der Waals surface area contributed by atoms with E-state index in [1.807, 2.05) is 0 Å². The molecule has 0 unspecified atom stereocenters. The number of aromatic nitrogens is 2. The van der Waals surface area contributed by atoms with Crippen LogP contribution in [0.4, 0.5) is 4.79 Å². The zero-order chi connectivity index (χ0) is 9.26. The number of nitrogens with zero attached hydrogens (tertiary/aromatic N) is 2. The van der Waals surface area contributed by atoms with Crippen LogP contribution in [0, 0.1) is 0 Å². The second-order valence-corrected chi connectivity index (χ2v) is 3.00. The number of hydrogen-bond donors (Lipinski definition) is 1. The monoisotopic (exact) mass is 196 g/mol.